The van der Waals surface area contributed by atoms with Gasteiger partial charge in [-0.25, -0.2) is 0 Å². The lowest BCUT2D eigenvalue weighted by atomic mass is 9.83. The molecule has 1 heterocycles. The predicted octanol–water partition coefficient (Wildman–Crippen LogP) is 3.23. The van der Waals surface area contributed by atoms with Crippen molar-refractivity contribution in [2.45, 2.75) is 31.8 Å². The fourth-order valence-corrected chi connectivity index (χ4v) is 2.34. The second-order valence-electron chi connectivity index (χ2n) is 6.07. The van der Waals surface area contributed by atoms with Gasteiger partial charge >= 0.3 is 0 Å². The highest BCUT2D eigenvalue weighted by Crippen LogP contribution is 2.26. The lowest BCUT2D eigenvalue weighted by Crippen LogP contribution is -2.45. The topological polar surface area (TPSA) is 62.5 Å². The van der Waals surface area contributed by atoms with Crippen molar-refractivity contribution in [2.75, 3.05) is 6.54 Å². The van der Waals surface area contributed by atoms with Crippen LogP contribution in [-0.4, -0.2) is 17.6 Å². The van der Waals surface area contributed by atoms with Crippen molar-refractivity contribution in [1.82, 2.24) is 5.32 Å². The summed E-state index contributed by atoms with van der Waals surface area (Å²) in [7, 11) is 0. The molecule has 0 spiro atoms. The van der Waals surface area contributed by atoms with Gasteiger partial charge in [-0.15, -0.1) is 0 Å². The average molecular weight is 322 g/mol. The molecule has 1 atom stereocenters. The third-order valence-corrected chi connectivity index (χ3v) is 3.99. The van der Waals surface area contributed by atoms with Crippen LogP contribution >= 0.6 is 11.6 Å². The number of furan rings is 1. The first-order valence-electron chi connectivity index (χ1n) is 7.04. The number of carbonyl (C=O) groups excluding carboxylic acids is 1. The minimum atomic E-state index is -1.26. The lowest BCUT2D eigenvalue weighted by Gasteiger charge is -2.27. The zero-order valence-corrected chi connectivity index (χ0v) is 13.6. The third-order valence-electron chi connectivity index (χ3n) is 3.76. The van der Waals surface area contributed by atoms with Crippen LogP contribution in [0.1, 0.15) is 32.1 Å². The Morgan fingerprint density at radius 3 is 2.59 bits per heavy atom. The highest BCUT2D eigenvalue weighted by molar-refractivity contribution is 6.30. The number of rotatable bonds is 5. The standard InChI is InChI=1S/C17H20ClNO3/c1-16(2,12-6-4-7-13(18)10-12)15(20)19-11-17(3,21)14-8-5-9-22-14/h4-10,21H,11H2,1-3H3,(H,19,20). The molecule has 0 saturated carbocycles. The second-order valence-corrected chi connectivity index (χ2v) is 6.51. The van der Waals surface area contributed by atoms with E-state index in [1.165, 1.54) is 6.26 Å². The van der Waals surface area contributed by atoms with E-state index in [0.717, 1.165) is 5.56 Å². The molecule has 2 aromatic rings. The molecule has 0 aliphatic heterocycles. The van der Waals surface area contributed by atoms with Gasteiger partial charge in [0.05, 0.1) is 18.2 Å². The number of benzene rings is 1. The molecule has 1 unspecified atom stereocenters. The molecule has 0 fully saturated rings. The highest BCUT2D eigenvalue weighted by Gasteiger charge is 2.33. The lowest BCUT2D eigenvalue weighted by molar-refractivity contribution is -0.127. The molecule has 118 valence electrons. The van der Waals surface area contributed by atoms with E-state index in [1.807, 2.05) is 26.0 Å². The van der Waals surface area contributed by atoms with Crippen LogP contribution < -0.4 is 5.32 Å². The normalized spacial score (nSPS) is 14.4. The van der Waals surface area contributed by atoms with E-state index in [9.17, 15) is 9.90 Å². The maximum absolute atomic E-state index is 12.5. The minimum absolute atomic E-state index is 0.0589. The van der Waals surface area contributed by atoms with Crippen LogP contribution in [0.15, 0.2) is 47.1 Å². The van der Waals surface area contributed by atoms with Gasteiger partial charge in [-0.2, -0.15) is 0 Å². The highest BCUT2D eigenvalue weighted by atomic mass is 35.5. The molecule has 0 saturated heterocycles. The summed E-state index contributed by atoms with van der Waals surface area (Å²) in [5.74, 6) is 0.218. The molecule has 0 aliphatic carbocycles. The SMILES string of the molecule is CC(O)(CNC(=O)C(C)(C)c1cccc(Cl)c1)c1ccco1. The van der Waals surface area contributed by atoms with Gasteiger partial charge in [0.2, 0.25) is 5.91 Å². The van der Waals surface area contributed by atoms with Crippen molar-refractivity contribution in [3.8, 4) is 0 Å². The molecule has 22 heavy (non-hydrogen) atoms. The van der Waals surface area contributed by atoms with Crippen LogP contribution in [0, 0.1) is 0 Å². The van der Waals surface area contributed by atoms with E-state index < -0.39 is 11.0 Å². The first-order valence-corrected chi connectivity index (χ1v) is 7.42. The van der Waals surface area contributed by atoms with Crippen molar-refractivity contribution in [1.29, 1.82) is 0 Å². The van der Waals surface area contributed by atoms with Gasteiger partial charge in [-0.1, -0.05) is 23.7 Å². The van der Waals surface area contributed by atoms with Crippen molar-refractivity contribution in [2.24, 2.45) is 0 Å². The van der Waals surface area contributed by atoms with Crippen molar-refractivity contribution >= 4 is 17.5 Å². The minimum Gasteiger partial charge on any atom is -0.466 e. The van der Waals surface area contributed by atoms with E-state index in [4.69, 9.17) is 16.0 Å². The van der Waals surface area contributed by atoms with Crippen LogP contribution in [0.5, 0.6) is 0 Å². The zero-order chi connectivity index (χ0) is 16.4. The Balaban J connectivity index is 2.08. The van der Waals surface area contributed by atoms with E-state index in [2.05, 4.69) is 5.32 Å². The molecule has 2 rings (SSSR count). The van der Waals surface area contributed by atoms with E-state index in [0.29, 0.717) is 10.8 Å². The third kappa shape index (κ3) is 3.51. The quantitative estimate of drug-likeness (QED) is 0.888. The van der Waals surface area contributed by atoms with Crippen LogP contribution in [0.4, 0.5) is 0 Å². The van der Waals surface area contributed by atoms with Crippen molar-refractivity contribution < 1.29 is 14.3 Å². The first kappa shape index (κ1) is 16.6. The summed E-state index contributed by atoms with van der Waals surface area (Å²) < 4.78 is 5.20. The van der Waals surface area contributed by atoms with Crippen LogP contribution in [-0.2, 0) is 15.8 Å². The summed E-state index contributed by atoms with van der Waals surface area (Å²) in [5, 5.41) is 13.7. The first-order chi connectivity index (χ1) is 10.2. The summed E-state index contributed by atoms with van der Waals surface area (Å²) in [6, 6.07) is 10.6. The number of amides is 1. The Kier molecular flexibility index (Phi) is 4.63. The number of hydrogen-bond donors (Lipinski definition) is 2. The summed E-state index contributed by atoms with van der Waals surface area (Å²) >= 11 is 5.99. The fourth-order valence-electron chi connectivity index (χ4n) is 2.15. The second kappa shape index (κ2) is 6.15. The maximum atomic E-state index is 12.5. The van der Waals surface area contributed by atoms with E-state index in [-0.39, 0.29) is 12.5 Å². The number of halogens is 1. The van der Waals surface area contributed by atoms with E-state index >= 15 is 0 Å². The van der Waals surface area contributed by atoms with E-state index in [1.54, 1.807) is 31.2 Å². The van der Waals surface area contributed by atoms with Gasteiger partial charge in [0, 0.05) is 5.02 Å². The molecule has 4 nitrogen and oxygen atoms in total. The monoisotopic (exact) mass is 321 g/mol. The van der Waals surface area contributed by atoms with Crippen LogP contribution in [0.3, 0.4) is 0 Å². The van der Waals surface area contributed by atoms with Gasteiger partial charge < -0.3 is 14.8 Å². The largest absolute Gasteiger partial charge is 0.466 e. The fraction of sp³-hybridized carbons (Fsp3) is 0.353. The number of aliphatic hydroxyl groups is 1. The smallest absolute Gasteiger partial charge is 0.230 e. The zero-order valence-electron chi connectivity index (χ0n) is 12.9. The average Bonchev–Trinajstić information content (AvgIpc) is 2.99. The molecule has 1 amide bonds. The molecule has 5 heteroatoms. The van der Waals surface area contributed by atoms with Crippen molar-refractivity contribution in [3.05, 3.63) is 59.0 Å². The molecule has 0 radical (unpaired) electrons. The molecular formula is C17H20ClNO3. The predicted molar refractivity (Wildman–Crippen MR) is 85.8 cm³/mol. The van der Waals surface area contributed by atoms with Crippen LogP contribution in [0.2, 0.25) is 5.02 Å². The van der Waals surface area contributed by atoms with Crippen LogP contribution in [0.25, 0.3) is 0 Å². The van der Waals surface area contributed by atoms with Crippen molar-refractivity contribution in [3.63, 3.8) is 0 Å². The Morgan fingerprint density at radius 1 is 1.27 bits per heavy atom. The number of carbonyl (C=O) groups is 1. The molecule has 1 aromatic heterocycles. The summed E-state index contributed by atoms with van der Waals surface area (Å²) in [6.07, 6.45) is 1.49. The molecule has 0 aliphatic rings. The Labute approximate surface area is 135 Å². The molecule has 2 N–H and O–H groups in total. The van der Waals surface area contributed by atoms with Gasteiger partial charge in [0.25, 0.3) is 0 Å². The van der Waals surface area contributed by atoms with Gasteiger partial charge in [-0.3, -0.25) is 4.79 Å². The van der Waals surface area contributed by atoms with Gasteiger partial charge in [-0.05, 0) is 50.6 Å². The summed E-state index contributed by atoms with van der Waals surface area (Å²) in [4.78, 5) is 12.5. The number of nitrogens with one attached hydrogen (secondary N) is 1. The molecule has 1 aromatic carbocycles. The number of hydrogen-bond acceptors (Lipinski definition) is 3. The Bertz CT molecular complexity index is 648. The van der Waals surface area contributed by atoms with Gasteiger partial charge in [0.1, 0.15) is 11.4 Å². The summed E-state index contributed by atoms with van der Waals surface area (Å²) in [6.45, 7) is 5.28. The Hall–Kier alpha value is -1.78. The maximum Gasteiger partial charge on any atom is 0.230 e. The van der Waals surface area contributed by atoms with Gasteiger partial charge in [0.15, 0.2) is 0 Å². The molecule has 0 bridgehead atoms. The summed E-state index contributed by atoms with van der Waals surface area (Å²) in [5.41, 5.74) is -1.21. The Morgan fingerprint density at radius 2 is 2.00 bits per heavy atom. The molecular weight excluding hydrogens is 302 g/mol.